The number of phenolic OH excluding ortho intramolecular Hbond substituents is 1. The van der Waals surface area contributed by atoms with Crippen LogP contribution in [0.2, 0.25) is 0 Å². The summed E-state index contributed by atoms with van der Waals surface area (Å²) < 4.78 is 0. The predicted octanol–water partition coefficient (Wildman–Crippen LogP) is 2.72. The number of benzene rings is 1. The average molecular weight is 223 g/mol. The van der Waals surface area contributed by atoms with Crippen LogP contribution in [0.5, 0.6) is 5.75 Å². The third kappa shape index (κ3) is 2.48. The molecule has 82 valence electrons. The molecule has 0 spiro atoms. The molecule has 0 aromatic heterocycles. The third-order valence-corrected chi connectivity index (χ3v) is 3.00. The highest BCUT2D eigenvalue weighted by atomic mass is 32.1. The number of aryl methyl sites for hydroxylation is 1. The summed E-state index contributed by atoms with van der Waals surface area (Å²) in [4.78, 5) is 2.78. The maximum Gasteiger partial charge on any atom is 0.128 e. The SMILES string of the molecule is CCN(CC)C(=S)c1cccc(C)c1O. The van der Waals surface area contributed by atoms with E-state index in [-0.39, 0.29) is 0 Å². The second-order valence-corrected chi connectivity index (χ2v) is 3.84. The fraction of sp³-hybridized carbons (Fsp3) is 0.417. The van der Waals surface area contributed by atoms with Crippen molar-refractivity contribution >= 4 is 17.2 Å². The molecule has 0 aliphatic heterocycles. The molecule has 0 heterocycles. The van der Waals surface area contributed by atoms with Gasteiger partial charge in [0.15, 0.2) is 0 Å². The van der Waals surface area contributed by atoms with Gasteiger partial charge in [0.1, 0.15) is 10.7 Å². The minimum absolute atomic E-state index is 0.300. The summed E-state index contributed by atoms with van der Waals surface area (Å²) >= 11 is 5.35. The van der Waals surface area contributed by atoms with Gasteiger partial charge in [0.2, 0.25) is 0 Å². The van der Waals surface area contributed by atoms with Crippen LogP contribution in [0.25, 0.3) is 0 Å². The lowest BCUT2D eigenvalue weighted by atomic mass is 10.1. The number of hydrogen-bond acceptors (Lipinski definition) is 2. The van der Waals surface area contributed by atoms with Crippen molar-refractivity contribution < 1.29 is 5.11 Å². The molecule has 0 bridgehead atoms. The topological polar surface area (TPSA) is 23.5 Å². The number of para-hydroxylation sites is 1. The second-order valence-electron chi connectivity index (χ2n) is 3.45. The molecule has 0 radical (unpaired) electrons. The molecule has 1 aromatic carbocycles. The third-order valence-electron chi connectivity index (χ3n) is 2.52. The highest BCUT2D eigenvalue weighted by molar-refractivity contribution is 7.80. The monoisotopic (exact) mass is 223 g/mol. The number of aromatic hydroxyl groups is 1. The molecule has 3 heteroatoms. The van der Waals surface area contributed by atoms with Gasteiger partial charge in [-0.15, -0.1) is 0 Å². The molecule has 0 aliphatic carbocycles. The zero-order chi connectivity index (χ0) is 11.4. The van der Waals surface area contributed by atoms with Gasteiger partial charge in [0.25, 0.3) is 0 Å². The molecule has 0 aliphatic rings. The molecule has 1 rings (SSSR count). The van der Waals surface area contributed by atoms with Crippen LogP contribution in [0, 0.1) is 6.92 Å². The molecule has 1 N–H and O–H groups in total. The molecule has 15 heavy (non-hydrogen) atoms. The number of thiocarbonyl (C=S) groups is 1. The van der Waals surface area contributed by atoms with Gasteiger partial charge in [-0.2, -0.15) is 0 Å². The standard InChI is InChI=1S/C12H17NOS/c1-4-13(5-2)12(15)10-8-6-7-9(3)11(10)14/h6-8,14H,4-5H2,1-3H3. The Morgan fingerprint density at radius 2 is 1.93 bits per heavy atom. The zero-order valence-corrected chi connectivity index (χ0v) is 10.3. The van der Waals surface area contributed by atoms with E-state index in [1.807, 2.05) is 25.1 Å². The van der Waals surface area contributed by atoms with Crippen LogP contribution in [-0.2, 0) is 0 Å². The Kier molecular flexibility index (Phi) is 4.09. The van der Waals surface area contributed by atoms with Gasteiger partial charge in [0, 0.05) is 13.1 Å². The van der Waals surface area contributed by atoms with E-state index >= 15 is 0 Å². The lowest BCUT2D eigenvalue weighted by Gasteiger charge is -2.22. The van der Waals surface area contributed by atoms with E-state index < -0.39 is 0 Å². The Morgan fingerprint density at radius 1 is 1.33 bits per heavy atom. The summed E-state index contributed by atoms with van der Waals surface area (Å²) in [5.41, 5.74) is 1.62. The molecule has 2 nitrogen and oxygen atoms in total. The van der Waals surface area contributed by atoms with Crippen molar-refractivity contribution in [1.82, 2.24) is 4.90 Å². The molecular weight excluding hydrogens is 206 g/mol. The van der Waals surface area contributed by atoms with Crippen molar-refractivity contribution in [3.63, 3.8) is 0 Å². The number of hydrogen-bond donors (Lipinski definition) is 1. The van der Waals surface area contributed by atoms with Crippen LogP contribution < -0.4 is 0 Å². The van der Waals surface area contributed by atoms with Crippen molar-refractivity contribution in [2.24, 2.45) is 0 Å². The Bertz CT molecular complexity index is 359. The molecule has 0 saturated heterocycles. The maximum absolute atomic E-state index is 9.89. The molecule has 1 aromatic rings. The van der Waals surface area contributed by atoms with E-state index in [0.29, 0.717) is 5.75 Å². The van der Waals surface area contributed by atoms with Crippen molar-refractivity contribution in [3.05, 3.63) is 29.3 Å². The number of rotatable bonds is 3. The van der Waals surface area contributed by atoms with Crippen LogP contribution in [0.1, 0.15) is 25.0 Å². The van der Waals surface area contributed by atoms with Gasteiger partial charge in [-0.1, -0.05) is 24.4 Å². The van der Waals surface area contributed by atoms with Gasteiger partial charge in [-0.05, 0) is 32.4 Å². The summed E-state index contributed by atoms with van der Waals surface area (Å²) in [5, 5.41) is 9.89. The first-order valence-electron chi connectivity index (χ1n) is 5.19. The normalized spacial score (nSPS) is 10.1. The smallest absolute Gasteiger partial charge is 0.128 e. The first kappa shape index (κ1) is 12.0. The first-order valence-corrected chi connectivity index (χ1v) is 5.60. The lowest BCUT2D eigenvalue weighted by molar-refractivity contribution is 0.455. The summed E-state index contributed by atoms with van der Waals surface area (Å²) in [6.45, 7) is 7.72. The molecular formula is C12H17NOS. The highest BCUT2D eigenvalue weighted by Crippen LogP contribution is 2.23. The summed E-state index contributed by atoms with van der Waals surface area (Å²) in [6, 6.07) is 5.66. The minimum Gasteiger partial charge on any atom is -0.507 e. The first-order chi connectivity index (χ1) is 7.11. The van der Waals surface area contributed by atoms with Crippen LogP contribution in [-0.4, -0.2) is 28.1 Å². The van der Waals surface area contributed by atoms with Crippen molar-refractivity contribution in [3.8, 4) is 5.75 Å². The average Bonchev–Trinajstić information content (AvgIpc) is 2.23. The van der Waals surface area contributed by atoms with Gasteiger partial charge in [-0.25, -0.2) is 0 Å². The largest absolute Gasteiger partial charge is 0.507 e. The maximum atomic E-state index is 9.89. The number of phenols is 1. The lowest BCUT2D eigenvalue weighted by Crippen LogP contribution is -2.29. The highest BCUT2D eigenvalue weighted by Gasteiger charge is 2.12. The molecule has 0 amide bonds. The Morgan fingerprint density at radius 3 is 2.47 bits per heavy atom. The van der Waals surface area contributed by atoms with Gasteiger partial charge >= 0.3 is 0 Å². The minimum atomic E-state index is 0.300. The van der Waals surface area contributed by atoms with E-state index in [0.717, 1.165) is 29.2 Å². The van der Waals surface area contributed by atoms with Crippen LogP contribution in [0.3, 0.4) is 0 Å². The van der Waals surface area contributed by atoms with Crippen LogP contribution >= 0.6 is 12.2 Å². The fourth-order valence-corrected chi connectivity index (χ4v) is 1.94. The van der Waals surface area contributed by atoms with Crippen LogP contribution in [0.4, 0.5) is 0 Å². The Labute approximate surface area is 96.5 Å². The Balaban J connectivity index is 3.05. The van der Waals surface area contributed by atoms with E-state index in [1.165, 1.54) is 0 Å². The van der Waals surface area contributed by atoms with Gasteiger partial charge < -0.3 is 10.0 Å². The van der Waals surface area contributed by atoms with Gasteiger partial charge in [-0.3, -0.25) is 0 Å². The summed E-state index contributed by atoms with van der Waals surface area (Å²) in [5.74, 6) is 0.300. The Hall–Kier alpha value is -1.09. The quantitative estimate of drug-likeness (QED) is 0.797. The van der Waals surface area contributed by atoms with E-state index in [2.05, 4.69) is 18.7 Å². The van der Waals surface area contributed by atoms with Crippen molar-refractivity contribution in [1.29, 1.82) is 0 Å². The summed E-state index contributed by atoms with van der Waals surface area (Å²) in [6.07, 6.45) is 0. The molecule has 0 fully saturated rings. The summed E-state index contributed by atoms with van der Waals surface area (Å²) in [7, 11) is 0. The number of nitrogens with zero attached hydrogens (tertiary/aromatic N) is 1. The second kappa shape index (κ2) is 5.12. The van der Waals surface area contributed by atoms with Crippen LogP contribution in [0.15, 0.2) is 18.2 Å². The molecule has 0 atom stereocenters. The van der Waals surface area contributed by atoms with E-state index in [1.54, 1.807) is 0 Å². The zero-order valence-electron chi connectivity index (χ0n) is 9.45. The predicted molar refractivity (Wildman–Crippen MR) is 67.5 cm³/mol. The van der Waals surface area contributed by atoms with Crippen molar-refractivity contribution in [2.75, 3.05) is 13.1 Å². The molecule has 0 unspecified atom stereocenters. The van der Waals surface area contributed by atoms with E-state index in [9.17, 15) is 5.11 Å². The molecule has 0 saturated carbocycles. The van der Waals surface area contributed by atoms with E-state index in [4.69, 9.17) is 12.2 Å². The fourth-order valence-electron chi connectivity index (χ4n) is 1.51. The van der Waals surface area contributed by atoms with Gasteiger partial charge in [0.05, 0.1) is 5.56 Å². The van der Waals surface area contributed by atoms with Crippen molar-refractivity contribution in [2.45, 2.75) is 20.8 Å².